The largest absolute Gasteiger partial charge is 0.299 e. The minimum atomic E-state index is 0.574. The van der Waals surface area contributed by atoms with Crippen LogP contribution < -0.4 is 0 Å². The normalized spacial score (nSPS) is 23.1. The van der Waals surface area contributed by atoms with E-state index < -0.39 is 0 Å². The second-order valence-corrected chi connectivity index (χ2v) is 6.16. The SMILES string of the molecule is CC/C=C(/CN1CCC(C)(C)CC1)SC. The molecule has 0 bridgehead atoms. The number of likely N-dealkylation sites (tertiary alicyclic amines) is 1. The summed E-state index contributed by atoms with van der Waals surface area (Å²) in [6, 6.07) is 0. The van der Waals surface area contributed by atoms with Crippen molar-refractivity contribution >= 4 is 11.8 Å². The maximum atomic E-state index is 2.60. The fourth-order valence-electron chi connectivity index (χ4n) is 1.98. The highest BCUT2D eigenvalue weighted by atomic mass is 32.2. The van der Waals surface area contributed by atoms with Crippen molar-refractivity contribution in [2.24, 2.45) is 5.41 Å². The Morgan fingerprint density at radius 2 is 1.93 bits per heavy atom. The quantitative estimate of drug-likeness (QED) is 0.719. The van der Waals surface area contributed by atoms with Crippen molar-refractivity contribution in [3.05, 3.63) is 11.0 Å². The van der Waals surface area contributed by atoms with Crippen LogP contribution in [0.2, 0.25) is 0 Å². The summed E-state index contributed by atoms with van der Waals surface area (Å²) in [5.74, 6) is 0. The second kappa shape index (κ2) is 5.95. The van der Waals surface area contributed by atoms with Crippen LogP contribution in [0.5, 0.6) is 0 Å². The van der Waals surface area contributed by atoms with Crippen molar-refractivity contribution in [3.8, 4) is 0 Å². The molecule has 0 saturated carbocycles. The predicted octanol–water partition coefficient (Wildman–Crippen LogP) is 3.77. The molecule has 0 amide bonds. The molecule has 0 aromatic heterocycles. The van der Waals surface area contributed by atoms with Gasteiger partial charge < -0.3 is 0 Å². The first-order valence-corrected chi connectivity index (χ1v) is 7.25. The number of nitrogens with zero attached hydrogens (tertiary/aromatic N) is 1. The lowest BCUT2D eigenvalue weighted by molar-refractivity contribution is 0.143. The van der Waals surface area contributed by atoms with E-state index in [1.165, 1.54) is 37.4 Å². The van der Waals surface area contributed by atoms with E-state index in [2.05, 4.69) is 38.0 Å². The van der Waals surface area contributed by atoms with Crippen molar-refractivity contribution in [3.63, 3.8) is 0 Å². The summed E-state index contributed by atoms with van der Waals surface area (Å²) in [5.41, 5.74) is 0.574. The monoisotopic (exact) mass is 227 g/mol. The van der Waals surface area contributed by atoms with Crippen LogP contribution in [0.25, 0.3) is 0 Å². The van der Waals surface area contributed by atoms with Gasteiger partial charge in [0.25, 0.3) is 0 Å². The third kappa shape index (κ3) is 4.60. The van der Waals surface area contributed by atoms with Crippen molar-refractivity contribution < 1.29 is 0 Å². The Morgan fingerprint density at radius 3 is 2.40 bits per heavy atom. The number of piperidine rings is 1. The Hall–Kier alpha value is 0.0500. The molecule has 1 aliphatic rings. The molecule has 0 radical (unpaired) electrons. The third-order valence-electron chi connectivity index (χ3n) is 3.28. The Balaban J connectivity index is 2.38. The van der Waals surface area contributed by atoms with Gasteiger partial charge in [0.05, 0.1) is 0 Å². The van der Waals surface area contributed by atoms with Gasteiger partial charge >= 0.3 is 0 Å². The van der Waals surface area contributed by atoms with Gasteiger partial charge in [0, 0.05) is 6.54 Å². The minimum Gasteiger partial charge on any atom is -0.299 e. The van der Waals surface area contributed by atoms with E-state index in [4.69, 9.17) is 0 Å². The molecular weight excluding hydrogens is 202 g/mol. The Bertz CT molecular complexity index is 211. The van der Waals surface area contributed by atoms with Crippen molar-refractivity contribution in [1.29, 1.82) is 0 Å². The number of hydrogen-bond donors (Lipinski definition) is 0. The van der Waals surface area contributed by atoms with Crippen LogP contribution in [0, 0.1) is 5.41 Å². The van der Waals surface area contributed by atoms with Gasteiger partial charge in [-0.05, 0) is 48.9 Å². The molecule has 0 aliphatic carbocycles. The first-order chi connectivity index (χ1) is 7.07. The molecule has 0 N–H and O–H groups in total. The van der Waals surface area contributed by atoms with Crippen LogP contribution in [-0.4, -0.2) is 30.8 Å². The van der Waals surface area contributed by atoms with Crippen molar-refractivity contribution in [2.75, 3.05) is 25.9 Å². The van der Waals surface area contributed by atoms with Gasteiger partial charge in [0.15, 0.2) is 0 Å². The molecule has 1 fully saturated rings. The first-order valence-electron chi connectivity index (χ1n) is 6.03. The third-order valence-corrected chi connectivity index (χ3v) is 4.10. The number of allylic oxidation sites excluding steroid dienone is 1. The van der Waals surface area contributed by atoms with Crippen molar-refractivity contribution in [1.82, 2.24) is 4.90 Å². The molecule has 1 heterocycles. The van der Waals surface area contributed by atoms with Gasteiger partial charge in [0.2, 0.25) is 0 Å². The molecule has 1 rings (SSSR count). The number of hydrogen-bond acceptors (Lipinski definition) is 2. The Morgan fingerprint density at radius 1 is 1.33 bits per heavy atom. The Labute approximate surface area is 99.3 Å². The van der Waals surface area contributed by atoms with Gasteiger partial charge in [0.1, 0.15) is 0 Å². The average molecular weight is 227 g/mol. The molecule has 0 aromatic carbocycles. The fraction of sp³-hybridized carbons (Fsp3) is 0.846. The highest BCUT2D eigenvalue weighted by molar-refractivity contribution is 8.02. The minimum absolute atomic E-state index is 0.574. The molecule has 0 unspecified atom stereocenters. The first kappa shape index (κ1) is 13.1. The summed E-state index contributed by atoms with van der Waals surface area (Å²) in [6.07, 6.45) is 8.41. The van der Waals surface area contributed by atoms with Crippen LogP contribution in [0.1, 0.15) is 40.0 Å². The summed E-state index contributed by atoms with van der Waals surface area (Å²) in [5, 5.41) is 0. The molecule has 88 valence electrons. The zero-order valence-electron chi connectivity index (χ0n) is 10.7. The van der Waals surface area contributed by atoms with Gasteiger partial charge in [-0.3, -0.25) is 4.90 Å². The predicted molar refractivity (Wildman–Crippen MR) is 71.3 cm³/mol. The second-order valence-electron chi connectivity index (χ2n) is 5.22. The molecule has 1 nitrogen and oxygen atoms in total. The highest BCUT2D eigenvalue weighted by Crippen LogP contribution is 2.30. The lowest BCUT2D eigenvalue weighted by Gasteiger charge is -2.37. The fourth-order valence-corrected chi connectivity index (χ4v) is 2.62. The van der Waals surface area contributed by atoms with E-state index in [1.807, 2.05) is 11.8 Å². The molecule has 0 aromatic rings. The van der Waals surface area contributed by atoms with Gasteiger partial charge in [-0.2, -0.15) is 0 Å². The molecule has 1 aliphatic heterocycles. The van der Waals surface area contributed by atoms with Crippen LogP contribution in [-0.2, 0) is 0 Å². The smallest absolute Gasteiger partial charge is 0.0290 e. The van der Waals surface area contributed by atoms with Gasteiger partial charge in [-0.15, -0.1) is 11.8 Å². The number of thioether (sulfide) groups is 1. The average Bonchev–Trinajstić information content (AvgIpc) is 2.20. The van der Waals surface area contributed by atoms with Crippen LogP contribution in [0.3, 0.4) is 0 Å². The molecular formula is C13H25NS. The summed E-state index contributed by atoms with van der Waals surface area (Å²) < 4.78 is 0. The highest BCUT2D eigenvalue weighted by Gasteiger charge is 2.25. The zero-order valence-corrected chi connectivity index (χ0v) is 11.5. The van der Waals surface area contributed by atoms with E-state index in [0.29, 0.717) is 5.41 Å². The van der Waals surface area contributed by atoms with Crippen LogP contribution in [0.4, 0.5) is 0 Å². The Kier molecular flexibility index (Phi) is 5.20. The molecule has 15 heavy (non-hydrogen) atoms. The van der Waals surface area contributed by atoms with Crippen LogP contribution in [0.15, 0.2) is 11.0 Å². The standard InChI is InChI=1S/C13H25NS/c1-5-6-12(15-4)11-14-9-7-13(2,3)8-10-14/h6H,5,7-11H2,1-4H3/b12-6-. The molecule has 0 atom stereocenters. The van der Waals surface area contributed by atoms with E-state index in [-0.39, 0.29) is 0 Å². The molecule has 2 heteroatoms. The maximum absolute atomic E-state index is 2.60. The molecule has 1 saturated heterocycles. The van der Waals surface area contributed by atoms with E-state index in [1.54, 1.807) is 0 Å². The van der Waals surface area contributed by atoms with Crippen LogP contribution >= 0.6 is 11.8 Å². The lowest BCUT2D eigenvalue weighted by atomic mass is 9.83. The van der Waals surface area contributed by atoms with E-state index in [9.17, 15) is 0 Å². The number of rotatable bonds is 4. The maximum Gasteiger partial charge on any atom is 0.0290 e. The van der Waals surface area contributed by atoms with Gasteiger partial charge in [-0.25, -0.2) is 0 Å². The summed E-state index contributed by atoms with van der Waals surface area (Å²) in [4.78, 5) is 4.14. The van der Waals surface area contributed by atoms with Crippen molar-refractivity contribution in [2.45, 2.75) is 40.0 Å². The van der Waals surface area contributed by atoms with Gasteiger partial charge in [-0.1, -0.05) is 26.8 Å². The molecule has 0 spiro atoms. The summed E-state index contributed by atoms with van der Waals surface area (Å²) in [6.45, 7) is 10.7. The zero-order chi connectivity index (χ0) is 11.3. The summed E-state index contributed by atoms with van der Waals surface area (Å²) in [7, 11) is 0. The van der Waals surface area contributed by atoms with E-state index >= 15 is 0 Å². The summed E-state index contributed by atoms with van der Waals surface area (Å²) >= 11 is 1.91. The topological polar surface area (TPSA) is 3.24 Å². The van der Waals surface area contributed by atoms with E-state index in [0.717, 1.165) is 6.42 Å². The lowest BCUT2D eigenvalue weighted by Crippen LogP contribution is -2.38.